The number of carbonyl (C=O) groups is 1. The summed E-state index contributed by atoms with van der Waals surface area (Å²) in [5.74, 6) is -0.209. The predicted octanol–water partition coefficient (Wildman–Crippen LogP) is 4.37. The van der Waals surface area contributed by atoms with E-state index in [1.807, 2.05) is 42.5 Å². The van der Waals surface area contributed by atoms with Crippen LogP contribution in [0.15, 0.2) is 85.2 Å². The van der Waals surface area contributed by atoms with Crippen molar-refractivity contribution in [1.82, 2.24) is 10.3 Å². The third-order valence-corrected chi connectivity index (χ3v) is 4.63. The van der Waals surface area contributed by atoms with Gasteiger partial charge in [-0.15, -0.1) is 0 Å². The number of pyridine rings is 1. The molecular weight excluding hydrogens is 362 g/mol. The minimum atomic E-state index is -0.209. The number of aliphatic hydroxyl groups is 1. The molecule has 144 valence electrons. The number of hydrogen-bond acceptors (Lipinski definition) is 4. The molecule has 1 heterocycles. The van der Waals surface area contributed by atoms with E-state index in [2.05, 4.69) is 39.9 Å². The van der Waals surface area contributed by atoms with Gasteiger partial charge in [0.2, 0.25) is 0 Å². The van der Waals surface area contributed by atoms with Crippen LogP contribution in [0.5, 0.6) is 0 Å². The largest absolute Gasteiger partial charge is 0.395 e. The van der Waals surface area contributed by atoms with Crippen molar-refractivity contribution in [1.29, 1.82) is 0 Å². The maximum atomic E-state index is 12.2. The summed E-state index contributed by atoms with van der Waals surface area (Å²) in [5.41, 5.74) is 4.21. The minimum absolute atomic E-state index is 0.0855. The Bertz CT molecular complexity index is 1160. The second kappa shape index (κ2) is 8.54. The maximum absolute atomic E-state index is 12.2. The van der Waals surface area contributed by atoms with Crippen LogP contribution in [0.2, 0.25) is 0 Å². The summed E-state index contributed by atoms with van der Waals surface area (Å²) in [5, 5.41) is 17.3. The van der Waals surface area contributed by atoms with Gasteiger partial charge in [0.15, 0.2) is 0 Å². The molecular formula is C24H21N3O2. The zero-order valence-corrected chi connectivity index (χ0v) is 15.8. The van der Waals surface area contributed by atoms with Crippen LogP contribution in [0.1, 0.15) is 10.4 Å². The topological polar surface area (TPSA) is 74.2 Å². The lowest BCUT2D eigenvalue weighted by Gasteiger charge is -2.10. The Morgan fingerprint density at radius 1 is 0.828 bits per heavy atom. The fourth-order valence-electron chi connectivity index (χ4n) is 3.21. The Hall–Kier alpha value is -3.70. The quantitative estimate of drug-likeness (QED) is 0.462. The Morgan fingerprint density at radius 3 is 2.55 bits per heavy atom. The normalized spacial score (nSPS) is 10.7. The van der Waals surface area contributed by atoms with E-state index in [9.17, 15) is 4.79 Å². The number of hydrogen-bond donors (Lipinski definition) is 3. The minimum Gasteiger partial charge on any atom is -0.395 e. The molecule has 0 atom stereocenters. The molecule has 0 saturated heterocycles. The van der Waals surface area contributed by atoms with Gasteiger partial charge in [-0.3, -0.25) is 9.78 Å². The molecule has 3 aromatic carbocycles. The Labute approximate surface area is 169 Å². The average molecular weight is 383 g/mol. The molecule has 4 rings (SSSR count). The van der Waals surface area contributed by atoms with Crippen LogP contribution in [-0.2, 0) is 0 Å². The fourth-order valence-corrected chi connectivity index (χ4v) is 3.21. The highest BCUT2D eigenvalue weighted by Crippen LogP contribution is 2.26. The van der Waals surface area contributed by atoms with E-state index in [1.165, 1.54) is 10.8 Å². The van der Waals surface area contributed by atoms with Gasteiger partial charge in [0.05, 0.1) is 18.5 Å². The molecule has 5 heteroatoms. The zero-order chi connectivity index (χ0) is 20.1. The van der Waals surface area contributed by atoms with E-state index in [0.717, 1.165) is 22.5 Å². The predicted molar refractivity (Wildman–Crippen MR) is 116 cm³/mol. The van der Waals surface area contributed by atoms with E-state index in [1.54, 1.807) is 18.5 Å². The van der Waals surface area contributed by atoms with Crippen molar-refractivity contribution in [3.8, 4) is 11.1 Å². The number of nitrogens with zero attached hydrogens (tertiary/aromatic N) is 1. The molecule has 0 spiro atoms. The summed E-state index contributed by atoms with van der Waals surface area (Å²) in [7, 11) is 0. The highest BCUT2D eigenvalue weighted by Gasteiger charge is 2.07. The van der Waals surface area contributed by atoms with Gasteiger partial charge >= 0.3 is 0 Å². The van der Waals surface area contributed by atoms with Gasteiger partial charge in [0.1, 0.15) is 0 Å². The first-order valence-corrected chi connectivity index (χ1v) is 9.43. The molecule has 29 heavy (non-hydrogen) atoms. The molecule has 0 unspecified atom stereocenters. The van der Waals surface area contributed by atoms with Crippen LogP contribution in [-0.4, -0.2) is 29.1 Å². The molecule has 5 nitrogen and oxygen atoms in total. The highest BCUT2D eigenvalue weighted by atomic mass is 16.3. The molecule has 1 amide bonds. The number of aliphatic hydroxyl groups excluding tert-OH is 1. The van der Waals surface area contributed by atoms with Gasteiger partial charge in [-0.25, -0.2) is 0 Å². The number of fused-ring (bicyclic) bond motifs is 1. The molecule has 0 radical (unpaired) electrons. The second-order valence-electron chi connectivity index (χ2n) is 6.71. The number of anilines is 2. The monoisotopic (exact) mass is 383 g/mol. The maximum Gasteiger partial charge on any atom is 0.251 e. The smallest absolute Gasteiger partial charge is 0.251 e. The van der Waals surface area contributed by atoms with Gasteiger partial charge in [0.25, 0.3) is 5.91 Å². The summed E-state index contributed by atoms with van der Waals surface area (Å²) in [6.07, 6.45) is 3.55. The molecule has 0 aliphatic carbocycles. The standard InChI is InChI=1S/C24H21N3O2/c28-11-10-26-24(29)20-7-3-6-18(12-20)21-14-23(16-25-15-21)27-22-9-8-17-4-1-2-5-19(17)13-22/h1-9,12-16,27-28H,10-11H2,(H,26,29). The van der Waals surface area contributed by atoms with Crippen LogP contribution in [0.4, 0.5) is 11.4 Å². The molecule has 0 saturated carbocycles. The molecule has 4 aromatic rings. The lowest BCUT2D eigenvalue weighted by atomic mass is 10.0. The summed E-state index contributed by atoms with van der Waals surface area (Å²) in [6, 6.07) is 23.8. The van der Waals surface area contributed by atoms with Gasteiger partial charge in [-0.1, -0.05) is 42.5 Å². The first-order chi connectivity index (χ1) is 14.2. The van der Waals surface area contributed by atoms with Crippen LogP contribution >= 0.6 is 0 Å². The number of benzene rings is 3. The number of nitrogens with one attached hydrogen (secondary N) is 2. The molecule has 0 aliphatic heterocycles. The van der Waals surface area contributed by atoms with Gasteiger partial charge in [-0.2, -0.15) is 0 Å². The molecule has 1 aromatic heterocycles. The highest BCUT2D eigenvalue weighted by molar-refractivity contribution is 5.95. The van der Waals surface area contributed by atoms with Crippen LogP contribution in [0.3, 0.4) is 0 Å². The van der Waals surface area contributed by atoms with Crippen LogP contribution in [0, 0.1) is 0 Å². The van der Waals surface area contributed by atoms with Gasteiger partial charge < -0.3 is 15.7 Å². The third kappa shape index (κ3) is 4.42. The fraction of sp³-hybridized carbons (Fsp3) is 0.0833. The van der Waals surface area contributed by atoms with Gasteiger partial charge in [-0.05, 0) is 46.7 Å². The molecule has 0 aliphatic rings. The van der Waals surface area contributed by atoms with Gasteiger partial charge in [0, 0.05) is 29.6 Å². The second-order valence-corrected chi connectivity index (χ2v) is 6.71. The first-order valence-electron chi connectivity index (χ1n) is 9.43. The summed E-state index contributed by atoms with van der Waals surface area (Å²) in [4.78, 5) is 16.5. The molecule has 0 fully saturated rings. The van der Waals surface area contributed by atoms with Crippen molar-refractivity contribution in [2.24, 2.45) is 0 Å². The lowest BCUT2D eigenvalue weighted by Crippen LogP contribution is -2.26. The van der Waals surface area contributed by atoms with E-state index >= 15 is 0 Å². The van der Waals surface area contributed by atoms with Crippen molar-refractivity contribution in [2.45, 2.75) is 0 Å². The average Bonchev–Trinajstić information content (AvgIpc) is 2.77. The molecule has 3 N–H and O–H groups in total. The number of carbonyl (C=O) groups excluding carboxylic acids is 1. The Morgan fingerprint density at radius 2 is 1.69 bits per heavy atom. The van der Waals surface area contributed by atoms with E-state index in [0.29, 0.717) is 5.56 Å². The van der Waals surface area contributed by atoms with Crippen molar-refractivity contribution in [3.63, 3.8) is 0 Å². The SMILES string of the molecule is O=C(NCCO)c1cccc(-c2cncc(Nc3ccc4ccccc4c3)c2)c1. The number of rotatable bonds is 6. The van der Waals surface area contributed by atoms with Crippen molar-refractivity contribution in [2.75, 3.05) is 18.5 Å². The van der Waals surface area contributed by atoms with Crippen molar-refractivity contribution >= 4 is 28.1 Å². The Balaban J connectivity index is 1.57. The number of amides is 1. The van der Waals surface area contributed by atoms with E-state index in [4.69, 9.17) is 5.11 Å². The third-order valence-electron chi connectivity index (χ3n) is 4.63. The van der Waals surface area contributed by atoms with E-state index in [-0.39, 0.29) is 19.1 Å². The van der Waals surface area contributed by atoms with Crippen molar-refractivity contribution < 1.29 is 9.90 Å². The van der Waals surface area contributed by atoms with Crippen molar-refractivity contribution in [3.05, 3.63) is 90.8 Å². The summed E-state index contributed by atoms with van der Waals surface area (Å²) >= 11 is 0. The molecule has 0 bridgehead atoms. The summed E-state index contributed by atoms with van der Waals surface area (Å²) < 4.78 is 0. The van der Waals surface area contributed by atoms with E-state index < -0.39 is 0 Å². The lowest BCUT2D eigenvalue weighted by molar-refractivity contribution is 0.0945. The summed E-state index contributed by atoms with van der Waals surface area (Å²) in [6.45, 7) is 0.146. The van der Waals surface area contributed by atoms with Crippen LogP contribution < -0.4 is 10.6 Å². The zero-order valence-electron chi connectivity index (χ0n) is 15.8. The van der Waals surface area contributed by atoms with Crippen LogP contribution in [0.25, 0.3) is 21.9 Å². The Kier molecular flexibility index (Phi) is 5.49. The number of aromatic nitrogens is 1. The first kappa shape index (κ1) is 18.7.